The van der Waals surface area contributed by atoms with Crippen LogP contribution in [0.4, 0.5) is 5.69 Å². The van der Waals surface area contributed by atoms with Crippen LogP contribution in [0.5, 0.6) is 5.75 Å². The van der Waals surface area contributed by atoms with E-state index in [1.165, 1.54) is 4.90 Å². The number of amides is 2. The van der Waals surface area contributed by atoms with Gasteiger partial charge in [0, 0.05) is 0 Å². The van der Waals surface area contributed by atoms with Crippen molar-refractivity contribution in [2.45, 2.75) is 0 Å². The summed E-state index contributed by atoms with van der Waals surface area (Å²) in [6.45, 7) is 0. The Balaban J connectivity index is 1.87. The van der Waals surface area contributed by atoms with Crippen LogP contribution in [0.1, 0.15) is 11.1 Å². The Labute approximate surface area is 157 Å². The lowest BCUT2D eigenvalue weighted by molar-refractivity contribution is -0.119. The lowest BCUT2D eigenvalue weighted by Crippen LogP contribution is -2.31. The number of carbonyl (C=O) groups excluding carboxylic acids is 2. The minimum atomic E-state index is -0.324. The van der Waals surface area contributed by atoms with Crippen molar-refractivity contribution in [3.8, 4) is 5.75 Å². The van der Waals surface area contributed by atoms with Crippen molar-refractivity contribution >= 4 is 28.6 Å². The summed E-state index contributed by atoms with van der Waals surface area (Å²) < 4.78 is 5.17. The maximum Gasteiger partial charge on any atom is 0.266 e. The summed E-state index contributed by atoms with van der Waals surface area (Å²) in [5, 5.41) is 0. The topological polar surface area (TPSA) is 46.6 Å². The van der Waals surface area contributed by atoms with Crippen LogP contribution in [0.3, 0.4) is 0 Å². The third-order valence-electron chi connectivity index (χ3n) is 4.54. The molecule has 3 aromatic carbocycles. The van der Waals surface area contributed by atoms with Gasteiger partial charge in [-0.05, 0) is 35.4 Å². The number of methoxy groups -OCH3 is 1. The van der Waals surface area contributed by atoms with E-state index in [0.717, 1.165) is 11.1 Å². The van der Waals surface area contributed by atoms with Crippen molar-refractivity contribution in [1.82, 2.24) is 0 Å². The average molecular weight is 355 g/mol. The van der Waals surface area contributed by atoms with E-state index >= 15 is 0 Å². The zero-order valence-corrected chi connectivity index (χ0v) is 14.8. The number of carbonyl (C=O) groups is 2. The van der Waals surface area contributed by atoms with Gasteiger partial charge in [0.2, 0.25) is 0 Å². The van der Waals surface area contributed by atoms with E-state index in [9.17, 15) is 9.59 Å². The van der Waals surface area contributed by atoms with E-state index in [4.69, 9.17) is 4.74 Å². The Morgan fingerprint density at radius 2 is 1.07 bits per heavy atom. The summed E-state index contributed by atoms with van der Waals surface area (Å²) in [6.07, 6.45) is 0. The van der Waals surface area contributed by atoms with Crippen LogP contribution in [0.15, 0.2) is 84.9 Å². The highest BCUT2D eigenvalue weighted by molar-refractivity contribution is 6.56. The van der Waals surface area contributed by atoms with Crippen LogP contribution in [0.2, 0.25) is 0 Å². The highest BCUT2D eigenvalue weighted by Crippen LogP contribution is 2.38. The first kappa shape index (κ1) is 16.8. The molecule has 0 saturated heterocycles. The minimum absolute atomic E-state index is 0.324. The van der Waals surface area contributed by atoms with Crippen LogP contribution < -0.4 is 9.64 Å². The largest absolute Gasteiger partial charge is 0.497 e. The van der Waals surface area contributed by atoms with Crippen LogP contribution in [-0.2, 0) is 9.59 Å². The van der Waals surface area contributed by atoms with E-state index in [2.05, 4.69) is 0 Å². The number of imide groups is 1. The molecule has 4 heteroatoms. The molecule has 3 aromatic rings. The number of rotatable bonds is 4. The van der Waals surface area contributed by atoms with Crippen molar-refractivity contribution in [3.63, 3.8) is 0 Å². The molecule has 27 heavy (non-hydrogen) atoms. The molecule has 0 radical (unpaired) electrons. The Morgan fingerprint density at radius 1 is 0.630 bits per heavy atom. The summed E-state index contributed by atoms with van der Waals surface area (Å²) in [7, 11) is 1.57. The Morgan fingerprint density at radius 3 is 1.48 bits per heavy atom. The fourth-order valence-electron chi connectivity index (χ4n) is 3.24. The second-order valence-electron chi connectivity index (χ2n) is 6.13. The van der Waals surface area contributed by atoms with Crippen molar-refractivity contribution in [2.75, 3.05) is 12.0 Å². The lowest BCUT2D eigenvalue weighted by atomic mass is 9.96. The molecule has 0 N–H and O–H groups in total. The molecule has 1 aliphatic heterocycles. The highest BCUT2D eigenvalue weighted by atomic mass is 16.5. The molecule has 1 heterocycles. The SMILES string of the molecule is COc1ccc(N2C(=O)C(c3ccccc3)=C(c3ccccc3)C2=O)cc1. The molecule has 0 spiro atoms. The van der Waals surface area contributed by atoms with Crippen LogP contribution in [0.25, 0.3) is 11.1 Å². The van der Waals surface area contributed by atoms with Crippen molar-refractivity contribution in [2.24, 2.45) is 0 Å². The van der Waals surface area contributed by atoms with Crippen LogP contribution in [-0.4, -0.2) is 18.9 Å². The van der Waals surface area contributed by atoms with E-state index in [-0.39, 0.29) is 11.8 Å². The van der Waals surface area contributed by atoms with Gasteiger partial charge >= 0.3 is 0 Å². The molecule has 0 fully saturated rings. The number of nitrogens with zero attached hydrogens (tertiary/aromatic N) is 1. The Bertz CT molecular complexity index is 961. The Hall–Kier alpha value is -3.66. The molecule has 0 atom stereocenters. The number of benzene rings is 3. The standard InChI is InChI=1S/C23H17NO3/c1-27-19-14-12-18(13-15-19)24-22(25)20(16-8-4-2-5-9-16)21(23(24)26)17-10-6-3-7-11-17/h2-15H,1H3. The number of anilines is 1. The second kappa shape index (κ2) is 6.92. The van der Waals surface area contributed by atoms with E-state index in [1.807, 2.05) is 60.7 Å². The molecule has 2 amide bonds. The fourth-order valence-corrected chi connectivity index (χ4v) is 3.24. The van der Waals surface area contributed by atoms with Crippen LogP contribution >= 0.6 is 0 Å². The van der Waals surface area contributed by atoms with Gasteiger partial charge in [0.25, 0.3) is 11.8 Å². The first-order valence-electron chi connectivity index (χ1n) is 8.58. The summed E-state index contributed by atoms with van der Waals surface area (Å²) >= 11 is 0. The maximum absolute atomic E-state index is 13.3. The smallest absolute Gasteiger partial charge is 0.266 e. The van der Waals surface area contributed by atoms with E-state index in [0.29, 0.717) is 22.6 Å². The molecule has 0 aromatic heterocycles. The quantitative estimate of drug-likeness (QED) is 0.660. The van der Waals surface area contributed by atoms with Gasteiger partial charge in [-0.15, -0.1) is 0 Å². The summed E-state index contributed by atoms with van der Waals surface area (Å²) in [5.41, 5.74) is 2.81. The third-order valence-corrected chi connectivity index (χ3v) is 4.54. The first-order valence-corrected chi connectivity index (χ1v) is 8.58. The normalized spacial score (nSPS) is 14.0. The van der Waals surface area contributed by atoms with Gasteiger partial charge in [-0.1, -0.05) is 60.7 Å². The van der Waals surface area contributed by atoms with Gasteiger partial charge in [-0.3, -0.25) is 9.59 Å². The number of hydrogen-bond donors (Lipinski definition) is 0. The summed E-state index contributed by atoms with van der Waals surface area (Å²) in [6, 6.07) is 25.5. The van der Waals surface area contributed by atoms with Gasteiger partial charge in [-0.25, -0.2) is 4.90 Å². The Kier molecular flexibility index (Phi) is 4.30. The molecule has 1 aliphatic rings. The second-order valence-corrected chi connectivity index (χ2v) is 6.13. The minimum Gasteiger partial charge on any atom is -0.497 e. The third kappa shape index (κ3) is 2.91. The molecular weight excluding hydrogens is 338 g/mol. The predicted molar refractivity (Wildman–Crippen MR) is 105 cm³/mol. The molecule has 4 nitrogen and oxygen atoms in total. The van der Waals surface area contributed by atoms with Gasteiger partial charge in [0.05, 0.1) is 23.9 Å². The van der Waals surface area contributed by atoms with Gasteiger partial charge < -0.3 is 4.74 Å². The molecule has 4 rings (SSSR count). The molecular formula is C23H17NO3. The summed E-state index contributed by atoms with van der Waals surface area (Å²) in [5.74, 6) is 0.0165. The van der Waals surface area contributed by atoms with Gasteiger partial charge in [-0.2, -0.15) is 0 Å². The molecule has 132 valence electrons. The molecule has 0 unspecified atom stereocenters. The number of hydrogen-bond acceptors (Lipinski definition) is 3. The highest BCUT2D eigenvalue weighted by Gasteiger charge is 2.40. The lowest BCUT2D eigenvalue weighted by Gasteiger charge is -2.15. The van der Waals surface area contributed by atoms with Gasteiger partial charge in [0.1, 0.15) is 5.75 Å². The first-order chi connectivity index (χ1) is 13.2. The predicted octanol–water partition coefficient (Wildman–Crippen LogP) is 4.18. The van der Waals surface area contributed by atoms with Crippen molar-refractivity contribution in [3.05, 3.63) is 96.1 Å². The molecule has 0 aliphatic carbocycles. The van der Waals surface area contributed by atoms with Crippen molar-refractivity contribution < 1.29 is 14.3 Å². The van der Waals surface area contributed by atoms with E-state index in [1.54, 1.807) is 31.4 Å². The average Bonchev–Trinajstić information content (AvgIpc) is 2.99. The van der Waals surface area contributed by atoms with E-state index < -0.39 is 0 Å². The van der Waals surface area contributed by atoms with Crippen LogP contribution in [0, 0.1) is 0 Å². The molecule has 0 bridgehead atoms. The zero-order valence-electron chi connectivity index (χ0n) is 14.8. The molecule has 0 saturated carbocycles. The van der Waals surface area contributed by atoms with Crippen molar-refractivity contribution in [1.29, 1.82) is 0 Å². The fraction of sp³-hybridized carbons (Fsp3) is 0.0435. The monoisotopic (exact) mass is 355 g/mol. The van der Waals surface area contributed by atoms with Gasteiger partial charge in [0.15, 0.2) is 0 Å². The maximum atomic E-state index is 13.3. The number of ether oxygens (including phenoxy) is 1. The zero-order chi connectivity index (χ0) is 18.8. The summed E-state index contributed by atoms with van der Waals surface area (Å²) in [4.78, 5) is 27.8.